The monoisotopic (exact) mass is 275 g/mol. The second-order valence-corrected chi connectivity index (χ2v) is 5.36. The van der Waals surface area contributed by atoms with Crippen molar-refractivity contribution in [1.29, 1.82) is 5.26 Å². The largest absolute Gasteiger partial charge is 0.497 e. The predicted molar refractivity (Wildman–Crippen MR) is 75.8 cm³/mol. The van der Waals surface area contributed by atoms with Crippen LogP contribution < -0.4 is 9.47 Å². The fourth-order valence-corrected chi connectivity index (χ4v) is 2.73. The SMILES string of the molecule is COc1cc(C#N)cc(OCC(O)CC2CCCC2)c1. The molecule has 0 amide bonds. The molecule has 1 aliphatic rings. The quantitative estimate of drug-likeness (QED) is 0.867. The Bertz CT molecular complexity index is 475. The zero-order valence-electron chi connectivity index (χ0n) is 11.8. The molecule has 0 bridgehead atoms. The predicted octanol–water partition coefficient (Wildman–Crippen LogP) is 2.89. The van der Waals surface area contributed by atoms with E-state index in [0.717, 1.165) is 6.42 Å². The number of hydrogen-bond donors (Lipinski definition) is 1. The molecule has 4 heteroatoms. The molecule has 1 aliphatic carbocycles. The maximum Gasteiger partial charge on any atom is 0.124 e. The summed E-state index contributed by atoms with van der Waals surface area (Å²) in [5.74, 6) is 1.78. The van der Waals surface area contributed by atoms with Crippen molar-refractivity contribution in [2.45, 2.75) is 38.2 Å². The molecule has 0 spiro atoms. The Hall–Kier alpha value is -1.73. The van der Waals surface area contributed by atoms with E-state index in [-0.39, 0.29) is 6.61 Å². The zero-order chi connectivity index (χ0) is 14.4. The highest BCUT2D eigenvalue weighted by molar-refractivity contribution is 5.43. The smallest absolute Gasteiger partial charge is 0.124 e. The van der Waals surface area contributed by atoms with E-state index in [1.54, 1.807) is 25.3 Å². The van der Waals surface area contributed by atoms with Crippen LogP contribution in [0.5, 0.6) is 11.5 Å². The van der Waals surface area contributed by atoms with Crippen LogP contribution in [0.1, 0.15) is 37.7 Å². The Kier molecular flexibility index (Phi) is 5.25. The minimum Gasteiger partial charge on any atom is -0.497 e. The van der Waals surface area contributed by atoms with Crippen LogP contribution in [0.2, 0.25) is 0 Å². The van der Waals surface area contributed by atoms with Crippen molar-refractivity contribution in [3.05, 3.63) is 23.8 Å². The van der Waals surface area contributed by atoms with Crippen molar-refractivity contribution in [2.24, 2.45) is 5.92 Å². The average molecular weight is 275 g/mol. The maximum atomic E-state index is 10.0. The molecule has 0 heterocycles. The Labute approximate surface area is 119 Å². The molecule has 108 valence electrons. The van der Waals surface area contributed by atoms with Gasteiger partial charge in [-0.25, -0.2) is 0 Å². The zero-order valence-corrected chi connectivity index (χ0v) is 11.8. The molecule has 1 atom stereocenters. The Morgan fingerprint density at radius 1 is 1.30 bits per heavy atom. The number of nitrogens with zero attached hydrogens (tertiary/aromatic N) is 1. The van der Waals surface area contributed by atoms with E-state index < -0.39 is 6.10 Å². The summed E-state index contributed by atoms with van der Waals surface area (Å²) in [5, 5.41) is 18.9. The maximum absolute atomic E-state index is 10.0. The van der Waals surface area contributed by atoms with E-state index in [4.69, 9.17) is 14.7 Å². The van der Waals surface area contributed by atoms with Crippen LogP contribution in [0, 0.1) is 17.2 Å². The lowest BCUT2D eigenvalue weighted by molar-refractivity contribution is 0.0854. The molecular weight excluding hydrogens is 254 g/mol. The van der Waals surface area contributed by atoms with Gasteiger partial charge in [-0.05, 0) is 24.5 Å². The molecule has 20 heavy (non-hydrogen) atoms. The third kappa shape index (κ3) is 4.14. The topological polar surface area (TPSA) is 62.5 Å². The van der Waals surface area contributed by atoms with Crippen LogP contribution >= 0.6 is 0 Å². The van der Waals surface area contributed by atoms with Crippen molar-refractivity contribution < 1.29 is 14.6 Å². The van der Waals surface area contributed by atoms with Gasteiger partial charge >= 0.3 is 0 Å². The van der Waals surface area contributed by atoms with Gasteiger partial charge < -0.3 is 14.6 Å². The van der Waals surface area contributed by atoms with Crippen LogP contribution in [-0.2, 0) is 0 Å². The number of methoxy groups -OCH3 is 1. The molecule has 4 nitrogen and oxygen atoms in total. The van der Waals surface area contributed by atoms with E-state index in [2.05, 4.69) is 6.07 Å². The molecule has 0 saturated heterocycles. The lowest BCUT2D eigenvalue weighted by Crippen LogP contribution is -2.20. The van der Waals surface area contributed by atoms with Crippen molar-refractivity contribution >= 4 is 0 Å². The lowest BCUT2D eigenvalue weighted by atomic mass is 10.0. The van der Waals surface area contributed by atoms with Crippen molar-refractivity contribution in [3.8, 4) is 17.6 Å². The summed E-state index contributed by atoms with van der Waals surface area (Å²) in [6, 6.07) is 7.10. The van der Waals surface area contributed by atoms with E-state index in [1.165, 1.54) is 25.7 Å². The van der Waals surface area contributed by atoms with Gasteiger partial charge in [0.15, 0.2) is 0 Å². The fraction of sp³-hybridized carbons (Fsp3) is 0.562. The summed E-state index contributed by atoms with van der Waals surface area (Å²) in [7, 11) is 1.55. The van der Waals surface area contributed by atoms with Crippen LogP contribution in [0.4, 0.5) is 0 Å². The highest BCUT2D eigenvalue weighted by Gasteiger charge is 2.19. The van der Waals surface area contributed by atoms with Crippen molar-refractivity contribution in [2.75, 3.05) is 13.7 Å². The van der Waals surface area contributed by atoms with Gasteiger partial charge in [0.2, 0.25) is 0 Å². The number of aliphatic hydroxyl groups excluding tert-OH is 1. The number of benzene rings is 1. The van der Waals surface area contributed by atoms with Gasteiger partial charge in [0.05, 0.1) is 24.8 Å². The standard InChI is InChI=1S/C16H21NO3/c1-19-15-7-13(10-17)8-16(9-15)20-11-14(18)6-12-4-2-3-5-12/h7-9,12,14,18H,2-6,11H2,1H3. The molecule has 1 saturated carbocycles. The normalized spacial score (nSPS) is 16.6. The fourth-order valence-electron chi connectivity index (χ4n) is 2.73. The molecule has 0 aliphatic heterocycles. The first-order valence-electron chi connectivity index (χ1n) is 7.11. The first-order chi connectivity index (χ1) is 9.71. The number of hydrogen-bond acceptors (Lipinski definition) is 4. The first-order valence-corrected chi connectivity index (χ1v) is 7.11. The van der Waals surface area contributed by atoms with Crippen molar-refractivity contribution in [1.82, 2.24) is 0 Å². The molecule has 0 radical (unpaired) electrons. The minimum atomic E-state index is -0.449. The van der Waals surface area contributed by atoms with Gasteiger partial charge in [0.1, 0.15) is 18.1 Å². The Morgan fingerprint density at radius 3 is 2.65 bits per heavy atom. The first kappa shape index (κ1) is 14.7. The van der Waals surface area contributed by atoms with Crippen molar-refractivity contribution in [3.63, 3.8) is 0 Å². The summed E-state index contributed by atoms with van der Waals surface area (Å²) in [6.07, 6.45) is 5.34. The molecule has 2 rings (SSSR count). The van der Waals surface area contributed by atoms with Crippen LogP contribution in [0.3, 0.4) is 0 Å². The average Bonchev–Trinajstić information content (AvgIpc) is 2.97. The Balaban J connectivity index is 1.87. The number of rotatable bonds is 6. The third-order valence-electron chi connectivity index (χ3n) is 3.77. The molecule has 1 fully saturated rings. The lowest BCUT2D eigenvalue weighted by Gasteiger charge is -2.16. The van der Waals surface area contributed by atoms with Gasteiger partial charge in [-0.1, -0.05) is 25.7 Å². The third-order valence-corrected chi connectivity index (χ3v) is 3.77. The molecule has 1 aromatic carbocycles. The Morgan fingerprint density at radius 2 is 2.00 bits per heavy atom. The molecule has 1 aromatic rings. The summed E-state index contributed by atoms with van der Waals surface area (Å²) < 4.78 is 10.7. The minimum absolute atomic E-state index is 0.258. The molecule has 1 unspecified atom stereocenters. The van der Waals surface area contributed by atoms with E-state index in [1.807, 2.05) is 0 Å². The van der Waals surface area contributed by atoms with Gasteiger partial charge in [-0.2, -0.15) is 5.26 Å². The van der Waals surface area contributed by atoms with E-state index >= 15 is 0 Å². The number of nitriles is 1. The van der Waals surface area contributed by atoms with Gasteiger partial charge in [-0.15, -0.1) is 0 Å². The molecule has 0 aromatic heterocycles. The van der Waals surface area contributed by atoms with E-state index in [0.29, 0.717) is 23.0 Å². The van der Waals surface area contributed by atoms with Gasteiger partial charge in [0.25, 0.3) is 0 Å². The second kappa shape index (κ2) is 7.16. The summed E-state index contributed by atoms with van der Waals surface area (Å²) in [4.78, 5) is 0. The van der Waals surface area contributed by atoms with Crippen LogP contribution in [0.15, 0.2) is 18.2 Å². The highest BCUT2D eigenvalue weighted by atomic mass is 16.5. The summed E-state index contributed by atoms with van der Waals surface area (Å²) in [6.45, 7) is 0.258. The van der Waals surface area contributed by atoms with Gasteiger partial charge in [0, 0.05) is 6.07 Å². The second-order valence-electron chi connectivity index (χ2n) is 5.36. The summed E-state index contributed by atoms with van der Waals surface area (Å²) in [5.41, 5.74) is 0.490. The van der Waals surface area contributed by atoms with E-state index in [9.17, 15) is 5.11 Å². The van der Waals surface area contributed by atoms with Crippen LogP contribution in [-0.4, -0.2) is 24.9 Å². The van der Waals surface area contributed by atoms with Gasteiger partial charge in [-0.3, -0.25) is 0 Å². The summed E-state index contributed by atoms with van der Waals surface area (Å²) >= 11 is 0. The number of ether oxygens (including phenoxy) is 2. The number of aliphatic hydroxyl groups is 1. The molecule has 1 N–H and O–H groups in total. The molecular formula is C16H21NO3. The highest BCUT2D eigenvalue weighted by Crippen LogP contribution is 2.29. The van der Waals surface area contributed by atoms with Crippen LogP contribution in [0.25, 0.3) is 0 Å².